The van der Waals surface area contributed by atoms with Crippen LogP contribution in [0.25, 0.3) is 0 Å². The van der Waals surface area contributed by atoms with Crippen molar-refractivity contribution in [2.45, 2.75) is 83.8 Å². The third-order valence-electron chi connectivity index (χ3n) is 4.41. The van der Waals surface area contributed by atoms with E-state index in [1.54, 1.807) is 0 Å². The Hall–Kier alpha value is -2.08. The SMILES string of the molecule is CCCCCC(=O)C(O)CCCCC(Cc1cc(O)cc(O)c1)OC(C)=O. The number of hydrogen-bond acceptors (Lipinski definition) is 6. The fourth-order valence-corrected chi connectivity index (χ4v) is 3.06. The van der Waals surface area contributed by atoms with Gasteiger partial charge in [-0.15, -0.1) is 0 Å². The minimum Gasteiger partial charge on any atom is -0.508 e. The molecule has 0 bridgehead atoms. The number of phenolic OH excluding ortho intramolecular Hbond substituents is 2. The van der Waals surface area contributed by atoms with Gasteiger partial charge in [-0.2, -0.15) is 0 Å². The Morgan fingerprint density at radius 2 is 1.63 bits per heavy atom. The number of hydrogen-bond donors (Lipinski definition) is 3. The molecule has 152 valence electrons. The second kappa shape index (κ2) is 12.3. The standard InChI is InChI=1S/C21H32O6/c1-3-4-5-9-20(25)21(26)10-7-6-8-19(27-15(2)22)13-16-11-17(23)14-18(24)12-16/h11-12,14,19,21,23-24,26H,3-10,13H2,1-2H3. The first-order valence-corrected chi connectivity index (χ1v) is 9.71. The first-order valence-electron chi connectivity index (χ1n) is 9.71. The number of phenols is 2. The topological polar surface area (TPSA) is 104 Å². The zero-order chi connectivity index (χ0) is 20.2. The number of aliphatic hydroxyl groups is 1. The number of benzene rings is 1. The third kappa shape index (κ3) is 9.99. The summed E-state index contributed by atoms with van der Waals surface area (Å²) >= 11 is 0. The molecule has 0 radical (unpaired) electrons. The van der Waals surface area contributed by atoms with Crippen LogP contribution in [0.2, 0.25) is 0 Å². The lowest BCUT2D eigenvalue weighted by Gasteiger charge is -2.18. The molecule has 0 aliphatic heterocycles. The van der Waals surface area contributed by atoms with Crippen molar-refractivity contribution in [3.63, 3.8) is 0 Å². The molecular weight excluding hydrogens is 348 g/mol. The van der Waals surface area contributed by atoms with Gasteiger partial charge in [-0.05, 0) is 43.4 Å². The molecule has 0 spiro atoms. The van der Waals surface area contributed by atoms with E-state index in [0.717, 1.165) is 19.3 Å². The monoisotopic (exact) mass is 380 g/mol. The summed E-state index contributed by atoms with van der Waals surface area (Å²) in [6, 6.07) is 4.28. The predicted octanol–water partition coefficient (Wildman–Crippen LogP) is 3.64. The fraction of sp³-hybridized carbons (Fsp3) is 0.619. The number of aromatic hydroxyl groups is 2. The van der Waals surface area contributed by atoms with Crippen LogP contribution in [0.4, 0.5) is 0 Å². The Morgan fingerprint density at radius 1 is 1.00 bits per heavy atom. The maximum Gasteiger partial charge on any atom is 0.302 e. The van der Waals surface area contributed by atoms with Gasteiger partial charge in [0.25, 0.3) is 0 Å². The van der Waals surface area contributed by atoms with Crippen molar-refractivity contribution in [1.29, 1.82) is 0 Å². The highest BCUT2D eigenvalue weighted by Crippen LogP contribution is 2.23. The van der Waals surface area contributed by atoms with Gasteiger partial charge in [0.05, 0.1) is 0 Å². The lowest BCUT2D eigenvalue weighted by Crippen LogP contribution is -2.21. The number of carbonyl (C=O) groups excluding carboxylic acids is 2. The quantitative estimate of drug-likeness (QED) is 0.356. The van der Waals surface area contributed by atoms with Crippen LogP contribution in [-0.4, -0.2) is 39.3 Å². The first kappa shape index (κ1) is 23.0. The second-order valence-electron chi connectivity index (χ2n) is 7.02. The molecule has 0 amide bonds. The molecule has 6 heteroatoms. The molecule has 0 saturated carbocycles. The maximum absolute atomic E-state index is 11.8. The summed E-state index contributed by atoms with van der Waals surface area (Å²) in [5.41, 5.74) is 0.671. The number of unbranched alkanes of at least 4 members (excludes halogenated alkanes) is 3. The van der Waals surface area contributed by atoms with Crippen LogP contribution in [0.5, 0.6) is 11.5 Å². The molecule has 0 aliphatic rings. The van der Waals surface area contributed by atoms with Gasteiger partial charge in [0, 0.05) is 25.8 Å². The Kier molecular flexibility index (Phi) is 10.5. The Balaban J connectivity index is 2.44. The summed E-state index contributed by atoms with van der Waals surface area (Å²) in [6.45, 7) is 3.41. The molecule has 1 aromatic rings. The number of carbonyl (C=O) groups is 2. The molecule has 2 atom stereocenters. The van der Waals surface area contributed by atoms with Gasteiger partial charge in [-0.1, -0.05) is 26.2 Å². The molecule has 0 aliphatic carbocycles. The van der Waals surface area contributed by atoms with Gasteiger partial charge < -0.3 is 20.1 Å². The number of rotatable bonds is 13. The van der Waals surface area contributed by atoms with Gasteiger partial charge in [-0.25, -0.2) is 0 Å². The van der Waals surface area contributed by atoms with Gasteiger partial charge in [0.1, 0.15) is 23.7 Å². The normalized spacial score (nSPS) is 13.1. The van der Waals surface area contributed by atoms with Crippen molar-refractivity contribution in [2.75, 3.05) is 0 Å². The minimum atomic E-state index is -0.919. The molecule has 3 N–H and O–H groups in total. The average Bonchev–Trinajstić information content (AvgIpc) is 2.57. The highest BCUT2D eigenvalue weighted by molar-refractivity contribution is 5.82. The molecule has 1 rings (SSSR count). The highest BCUT2D eigenvalue weighted by Gasteiger charge is 2.17. The van der Waals surface area contributed by atoms with Crippen LogP contribution in [0.15, 0.2) is 18.2 Å². The average molecular weight is 380 g/mol. The van der Waals surface area contributed by atoms with Crippen molar-refractivity contribution in [3.05, 3.63) is 23.8 Å². The zero-order valence-electron chi connectivity index (χ0n) is 16.3. The maximum atomic E-state index is 11.8. The lowest BCUT2D eigenvalue weighted by atomic mass is 9.99. The number of Topliss-reactive ketones (excluding diaryl/α,β-unsaturated/α-hetero) is 1. The van der Waals surface area contributed by atoms with E-state index >= 15 is 0 Å². The lowest BCUT2D eigenvalue weighted by molar-refractivity contribution is -0.146. The molecule has 0 heterocycles. The molecule has 0 fully saturated rings. The summed E-state index contributed by atoms with van der Waals surface area (Å²) in [4.78, 5) is 23.2. The number of ether oxygens (including phenoxy) is 1. The van der Waals surface area contributed by atoms with E-state index in [2.05, 4.69) is 6.92 Å². The summed E-state index contributed by atoms with van der Waals surface area (Å²) in [5, 5.41) is 29.1. The largest absolute Gasteiger partial charge is 0.508 e. The first-order chi connectivity index (χ1) is 12.8. The summed E-state index contributed by atoms with van der Waals surface area (Å²) in [5.74, 6) is -0.585. The van der Waals surface area contributed by atoms with Gasteiger partial charge in [0.15, 0.2) is 5.78 Å². The molecule has 27 heavy (non-hydrogen) atoms. The van der Waals surface area contributed by atoms with Crippen LogP contribution in [0, 0.1) is 0 Å². The number of aliphatic hydroxyl groups excluding tert-OH is 1. The summed E-state index contributed by atoms with van der Waals surface area (Å²) < 4.78 is 5.32. The van der Waals surface area contributed by atoms with E-state index in [4.69, 9.17) is 4.74 Å². The molecular formula is C21H32O6. The van der Waals surface area contributed by atoms with E-state index in [-0.39, 0.29) is 23.4 Å². The summed E-state index contributed by atoms with van der Waals surface area (Å²) in [7, 11) is 0. The zero-order valence-corrected chi connectivity index (χ0v) is 16.3. The molecule has 0 saturated heterocycles. The van der Waals surface area contributed by atoms with E-state index in [0.29, 0.717) is 44.1 Å². The van der Waals surface area contributed by atoms with Crippen LogP contribution < -0.4 is 0 Å². The number of esters is 1. The minimum absolute atomic E-state index is 0.0451. The molecule has 0 aromatic heterocycles. The van der Waals surface area contributed by atoms with E-state index in [1.807, 2.05) is 0 Å². The molecule has 6 nitrogen and oxygen atoms in total. The Labute approximate surface area is 161 Å². The second-order valence-corrected chi connectivity index (χ2v) is 7.02. The fourth-order valence-electron chi connectivity index (χ4n) is 3.06. The van der Waals surface area contributed by atoms with Crippen LogP contribution in [0.3, 0.4) is 0 Å². The van der Waals surface area contributed by atoms with Gasteiger partial charge >= 0.3 is 5.97 Å². The molecule has 2 unspecified atom stereocenters. The Morgan fingerprint density at radius 3 is 2.22 bits per heavy atom. The van der Waals surface area contributed by atoms with Gasteiger partial charge in [0.2, 0.25) is 0 Å². The van der Waals surface area contributed by atoms with Crippen molar-refractivity contribution in [3.8, 4) is 11.5 Å². The molecule has 1 aromatic carbocycles. The van der Waals surface area contributed by atoms with Crippen molar-refractivity contribution < 1.29 is 29.6 Å². The number of ketones is 1. The van der Waals surface area contributed by atoms with Crippen LogP contribution in [0.1, 0.15) is 70.8 Å². The van der Waals surface area contributed by atoms with Crippen molar-refractivity contribution in [1.82, 2.24) is 0 Å². The third-order valence-corrected chi connectivity index (χ3v) is 4.41. The van der Waals surface area contributed by atoms with Crippen molar-refractivity contribution in [2.24, 2.45) is 0 Å². The van der Waals surface area contributed by atoms with E-state index in [1.165, 1.54) is 25.1 Å². The van der Waals surface area contributed by atoms with Crippen molar-refractivity contribution >= 4 is 11.8 Å². The van der Waals surface area contributed by atoms with E-state index in [9.17, 15) is 24.9 Å². The van der Waals surface area contributed by atoms with Crippen LogP contribution >= 0.6 is 0 Å². The van der Waals surface area contributed by atoms with Gasteiger partial charge in [-0.3, -0.25) is 9.59 Å². The predicted molar refractivity (Wildman–Crippen MR) is 103 cm³/mol. The smallest absolute Gasteiger partial charge is 0.302 e. The Bertz CT molecular complexity index is 578. The highest BCUT2D eigenvalue weighted by atomic mass is 16.5. The van der Waals surface area contributed by atoms with E-state index < -0.39 is 12.1 Å². The van der Waals surface area contributed by atoms with Crippen LogP contribution in [-0.2, 0) is 20.7 Å². The summed E-state index contributed by atoms with van der Waals surface area (Å²) in [6.07, 6.45) is 4.68.